The predicted octanol–water partition coefficient (Wildman–Crippen LogP) is 1.64. The summed E-state index contributed by atoms with van der Waals surface area (Å²) in [6, 6.07) is 2.09. The number of nitrogens with zero attached hydrogens (tertiary/aromatic N) is 5. The summed E-state index contributed by atoms with van der Waals surface area (Å²) in [5.41, 5.74) is 7.24. The van der Waals surface area contributed by atoms with Crippen LogP contribution in [0.2, 0.25) is 0 Å². The van der Waals surface area contributed by atoms with Gasteiger partial charge in [-0.15, -0.1) is 11.3 Å². The van der Waals surface area contributed by atoms with Crippen LogP contribution in [0.25, 0.3) is 21.6 Å². The van der Waals surface area contributed by atoms with Crippen LogP contribution in [0.3, 0.4) is 0 Å². The van der Waals surface area contributed by atoms with Gasteiger partial charge >= 0.3 is 0 Å². The highest BCUT2D eigenvalue weighted by Crippen LogP contribution is 2.34. The molecule has 4 heterocycles. The molecule has 3 N–H and O–H groups in total. The lowest BCUT2D eigenvalue weighted by Crippen LogP contribution is -2.36. The Bertz CT molecular complexity index is 1060. The highest BCUT2D eigenvalue weighted by Gasteiger charge is 2.29. The Morgan fingerprint density at radius 3 is 2.73 bits per heavy atom. The van der Waals surface area contributed by atoms with E-state index in [9.17, 15) is 4.79 Å². The van der Waals surface area contributed by atoms with Gasteiger partial charge in [0.05, 0.1) is 29.0 Å². The van der Waals surface area contributed by atoms with E-state index < -0.39 is 0 Å². The molecule has 30 heavy (non-hydrogen) atoms. The SMILES string of the molecule is Nc1ncc(-c2nc(N3CCOCC3)c3sc(CCNC(=O)C4CC4)cc3n2)cn1. The van der Waals surface area contributed by atoms with Crippen LogP contribution in [-0.4, -0.2) is 58.7 Å². The third-order valence-corrected chi connectivity index (χ3v) is 6.44. The van der Waals surface area contributed by atoms with Gasteiger partial charge in [0.25, 0.3) is 0 Å². The van der Waals surface area contributed by atoms with Crippen LogP contribution in [0.5, 0.6) is 0 Å². The molecule has 0 atom stereocenters. The fourth-order valence-electron chi connectivity index (χ4n) is 3.46. The average Bonchev–Trinajstić information content (AvgIpc) is 3.54. The number of thiophene rings is 1. The first kappa shape index (κ1) is 19.1. The number of amides is 1. The number of morpholine rings is 1. The molecule has 0 bridgehead atoms. The third kappa shape index (κ3) is 4.05. The molecule has 1 aliphatic carbocycles. The summed E-state index contributed by atoms with van der Waals surface area (Å²) in [6.45, 7) is 3.57. The number of rotatable bonds is 6. The first-order chi connectivity index (χ1) is 14.7. The number of fused-ring (bicyclic) bond motifs is 1. The molecule has 10 heteroatoms. The van der Waals surface area contributed by atoms with E-state index in [4.69, 9.17) is 20.4 Å². The molecule has 156 valence electrons. The van der Waals surface area contributed by atoms with Crippen LogP contribution in [0.4, 0.5) is 11.8 Å². The highest BCUT2D eigenvalue weighted by atomic mass is 32.1. The Hall–Kier alpha value is -2.85. The molecule has 3 aromatic rings. The topological polar surface area (TPSA) is 119 Å². The van der Waals surface area contributed by atoms with Crippen LogP contribution in [0, 0.1) is 5.92 Å². The van der Waals surface area contributed by atoms with Crippen LogP contribution in [-0.2, 0) is 16.0 Å². The zero-order valence-corrected chi connectivity index (χ0v) is 17.3. The molecule has 5 rings (SSSR count). The molecule has 1 amide bonds. The van der Waals surface area contributed by atoms with E-state index in [1.54, 1.807) is 23.7 Å². The van der Waals surface area contributed by atoms with Crippen molar-refractivity contribution in [1.29, 1.82) is 0 Å². The smallest absolute Gasteiger partial charge is 0.223 e. The molecule has 3 aromatic heterocycles. The maximum Gasteiger partial charge on any atom is 0.223 e. The van der Waals surface area contributed by atoms with Gasteiger partial charge in [-0.1, -0.05) is 0 Å². The minimum atomic E-state index is 0.176. The summed E-state index contributed by atoms with van der Waals surface area (Å²) >= 11 is 1.69. The first-order valence-corrected chi connectivity index (χ1v) is 11.0. The molecule has 0 aromatic carbocycles. The maximum atomic E-state index is 11.9. The standard InChI is InChI=1S/C20H23N7O2S/c21-20-23-10-13(11-24-20)17-25-15-9-14(3-4-22-19(28)12-1-2-12)30-16(15)18(26-17)27-5-7-29-8-6-27/h9-12H,1-8H2,(H,22,28)(H2,21,23,24). The molecule has 1 saturated carbocycles. The summed E-state index contributed by atoms with van der Waals surface area (Å²) in [7, 11) is 0. The number of carbonyl (C=O) groups excluding carboxylic acids is 1. The van der Waals surface area contributed by atoms with E-state index in [0.29, 0.717) is 25.6 Å². The third-order valence-electron chi connectivity index (χ3n) is 5.26. The number of carbonyl (C=O) groups is 1. The van der Waals surface area contributed by atoms with E-state index in [-0.39, 0.29) is 17.8 Å². The van der Waals surface area contributed by atoms with E-state index >= 15 is 0 Å². The van der Waals surface area contributed by atoms with Crippen LogP contribution < -0.4 is 16.0 Å². The Morgan fingerprint density at radius 2 is 2.00 bits per heavy atom. The van der Waals surface area contributed by atoms with Crippen molar-refractivity contribution >= 4 is 39.2 Å². The van der Waals surface area contributed by atoms with Crippen molar-refractivity contribution in [2.45, 2.75) is 19.3 Å². The molecule has 1 saturated heterocycles. The largest absolute Gasteiger partial charge is 0.378 e. The van der Waals surface area contributed by atoms with Gasteiger partial charge in [-0.3, -0.25) is 4.79 Å². The fourth-order valence-corrected chi connectivity index (χ4v) is 4.57. The van der Waals surface area contributed by atoms with Gasteiger partial charge in [0.15, 0.2) is 11.6 Å². The fraction of sp³-hybridized carbons (Fsp3) is 0.450. The molecule has 0 radical (unpaired) electrons. The summed E-state index contributed by atoms with van der Waals surface area (Å²) in [6.07, 6.45) is 6.11. The van der Waals surface area contributed by atoms with Crippen LogP contribution in [0.1, 0.15) is 17.7 Å². The Morgan fingerprint density at radius 1 is 1.23 bits per heavy atom. The second kappa shape index (κ2) is 8.11. The number of ether oxygens (including phenoxy) is 1. The minimum Gasteiger partial charge on any atom is -0.378 e. The second-order valence-electron chi connectivity index (χ2n) is 7.54. The lowest BCUT2D eigenvalue weighted by molar-refractivity contribution is -0.122. The predicted molar refractivity (Wildman–Crippen MR) is 115 cm³/mol. The summed E-state index contributed by atoms with van der Waals surface area (Å²) < 4.78 is 6.57. The monoisotopic (exact) mass is 425 g/mol. The second-order valence-corrected chi connectivity index (χ2v) is 8.68. The van der Waals surface area contributed by atoms with Crippen molar-refractivity contribution in [2.75, 3.05) is 43.5 Å². The summed E-state index contributed by atoms with van der Waals surface area (Å²) in [5, 5.41) is 3.03. The van der Waals surface area contributed by atoms with Crippen molar-refractivity contribution in [1.82, 2.24) is 25.3 Å². The van der Waals surface area contributed by atoms with Gasteiger partial charge in [0.2, 0.25) is 11.9 Å². The molecule has 2 aliphatic rings. The zero-order valence-electron chi connectivity index (χ0n) is 16.5. The number of hydrogen-bond donors (Lipinski definition) is 2. The molecular weight excluding hydrogens is 402 g/mol. The molecule has 0 spiro atoms. The van der Waals surface area contributed by atoms with Gasteiger partial charge in [0.1, 0.15) is 0 Å². The van der Waals surface area contributed by atoms with Crippen molar-refractivity contribution in [2.24, 2.45) is 5.92 Å². The normalized spacial score (nSPS) is 16.7. The molecule has 9 nitrogen and oxygen atoms in total. The van der Waals surface area contributed by atoms with Gasteiger partial charge in [-0.05, 0) is 25.3 Å². The van der Waals surface area contributed by atoms with E-state index in [2.05, 4.69) is 26.3 Å². The quantitative estimate of drug-likeness (QED) is 0.612. The van der Waals surface area contributed by atoms with Crippen molar-refractivity contribution in [3.8, 4) is 11.4 Å². The van der Waals surface area contributed by atoms with Gasteiger partial charge in [-0.2, -0.15) is 0 Å². The van der Waals surface area contributed by atoms with Crippen molar-refractivity contribution in [3.63, 3.8) is 0 Å². The average molecular weight is 426 g/mol. The zero-order chi connectivity index (χ0) is 20.5. The molecule has 0 unspecified atom stereocenters. The Labute approximate surface area is 177 Å². The Kier molecular flexibility index (Phi) is 5.17. The van der Waals surface area contributed by atoms with Crippen LogP contribution in [0.15, 0.2) is 18.5 Å². The van der Waals surface area contributed by atoms with E-state index in [0.717, 1.165) is 53.9 Å². The molecule has 2 fully saturated rings. The number of nitrogens with one attached hydrogen (secondary N) is 1. The summed E-state index contributed by atoms with van der Waals surface area (Å²) in [5.74, 6) is 2.12. The first-order valence-electron chi connectivity index (χ1n) is 10.2. The van der Waals surface area contributed by atoms with E-state index in [1.807, 2.05) is 0 Å². The van der Waals surface area contributed by atoms with Gasteiger partial charge in [-0.25, -0.2) is 19.9 Å². The number of nitrogens with two attached hydrogens (primary N) is 1. The number of anilines is 2. The maximum absolute atomic E-state index is 11.9. The van der Waals surface area contributed by atoms with Crippen molar-refractivity contribution < 1.29 is 9.53 Å². The van der Waals surface area contributed by atoms with Gasteiger partial charge < -0.3 is 20.7 Å². The number of aromatic nitrogens is 4. The highest BCUT2D eigenvalue weighted by molar-refractivity contribution is 7.19. The van der Waals surface area contributed by atoms with Crippen molar-refractivity contribution in [3.05, 3.63) is 23.3 Å². The van der Waals surface area contributed by atoms with Gasteiger partial charge in [0, 0.05) is 42.8 Å². The lowest BCUT2D eigenvalue weighted by Gasteiger charge is -2.28. The lowest BCUT2D eigenvalue weighted by atomic mass is 10.2. The number of hydrogen-bond acceptors (Lipinski definition) is 9. The summed E-state index contributed by atoms with van der Waals surface area (Å²) in [4.78, 5) is 33.1. The number of nitrogen functional groups attached to an aromatic ring is 1. The molecular formula is C20H23N7O2S. The van der Waals surface area contributed by atoms with Crippen LogP contribution >= 0.6 is 11.3 Å². The Balaban J connectivity index is 1.46. The molecule has 1 aliphatic heterocycles. The van der Waals surface area contributed by atoms with E-state index in [1.165, 1.54) is 4.88 Å². The minimum absolute atomic E-state index is 0.176.